The molecule has 0 saturated carbocycles. The standard InChI is InChI=1S/C14H14BrClF3NO/c1-8-4-5-20(12(8)7-16)13(21)10-6-9(14(17,18)19)2-3-11(10)15/h2-3,6,8,12H,4-5,7H2,1H3. The van der Waals surface area contributed by atoms with Crippen molar-refractivity contribution in [2.75, 3.05) is 12.4 Å². The molecule has 2 unspecified atom stereocenters. The van der Waals surface area contributed by atoms with Gasteiger partial charge < -0.3 is 4.90 Å². The number of rotatable bonds is 2. The number of nitrogens with zero attached hydrogens (tertiary/aromatic N) is 1. The van der Waals surface area contributed by atoms with E-state index in [1.807, 2.05) is 6.92 Å². The fraction of sp³-hybridized carbons (Fsp3) is 0.500. The predicted molar refractivity (Wildman–Crippen MR) is 78.5 cm³/mol. The summed E-state index contributed by atoms with van der Waals surface area (Å²) in [6.07, 6.45) is -3.67. The van der Waals surface area contributed by atoms with Crippen molar-refractivity contribution in [1.82, 2.24) is 4.90 Å². The minimum atomic E-state index is -4.47. The maximum atomic E-state index is 12.8. The SMILES string of the molecule is CC1CCN(C(=O)c2cc(C(F)(F)F)ccc2Br)C1CCl. The topological polar surface area (TPSA) is 20.3 Å². The third-order valence-electron chi connectivity index (χ3n) is 3.83. The van der Waals surface area contributed by atoms with Gasteiger partial charge in [-0.2, -0.15) is 13.2 Å². The van der Waals surface area contributed by atoms with Gasteiger partial charge in [0.2, 0.25) is 0 Å². The minimum Gasteiger partial charge on any atom is -0.334 e. The highest BCUT2D eigenvalue weighted by molar-refractivity contribution is 9.10. The molecule has 0 N–H and O–H groups in total. The number of carbonyl (C=O) groups is 1. The molecule has 0 bridgehead atoms. The van der Waals surface area contributed by atoms with E-state index in [4.69, 9.17) is 11.6 Å². The van der Waals surface area contributed by atoms with Crippen molar-refractivity contribution in [3.8, 4) is 0 Å². The molecule has 0 aliphatic carbocycles. The monoisotopic (exact) mass is 383 g/mol. The van der Waals surface area contributed by atoms with Gasteiger partial charge in [-0.15, -0.1) is 11.6 Å². The Morgan fingerprint density at radius 3 is 2.71 bits per heavy atom. The molecule has 1 aliphatic heterocycles. The molecular formula is C14H14BrClF3NO. The Kier molecular flexibility index (Phi) is 4.88. The van der Waals surface area contributed by atoms with E-state index < -0.39 is 17.6 Å². The predicted octanol–water partition coefficient (Wildman–Crippen LogP) is 4.56. The molecule has 1 saturated heterocycles. The summed E-state index contributed by atoms with van der Waals surface area (Å²) in [6.45, 7) is 2.50. The Balaban J connectivity index is 2.35. The zero-order valence-corrected chi connectivity index (χ0v) is 13.6. The molecule has 0 spiro atoms. The first kappa shape index (κ1) is 16.6. The van der Waals surface area contributed by atoms with Crippen molar-refractivity contribution in [3.05, 3.63) is 33.8 Å². The zero-order chi connectivity index (χ0) is 15.8. The van der Waals surface area contributed by atoms with Crippen molar-refractivity contribution in [1.29, 1.82) is 0 Å². The van der Waals surface area contributed by atoms with Crippen molar-refractivity contribution in [2.45, 2.75) is 25.6 Å². The number of alkyl halides is 4. The fourth-order valence-corrected chi connectivity index (χ4v) is 3.40. The van der Waals surface area contributed by atoms with Crippen LogP contribution in [0.15, 0.2) is 22.7 Å². The molecule has 1 heterocycles. The maximum Gasteiger partial charge on any atom is 0.416 e. The number of likely N-dealkylation sites (tertiary alicyclic amines) is 1. The van der Waals surface area contributed by atoms with Gasteiger partial charge in [-0.05, 0) is 46.5 Å². The minimum absolute atomic E-state index is 0.0223. The second-order valence-corrected chi connectivity index (χ2v) is 6.34. The highest BCUT2D eigenvalue weighted by Crippen LogP contribution is 2.34. The van der Waals surface area contributed by atoms with Crippen molar-refractivity contribution in [3.63, 3.8) is 0 Å². The lowest BCUT2D eigenvalue weighted by molar-refractivity contribution is -0.137. The van der Waals surface area contributed by atoms with Crippen molar-refractivity contribution in [2.24, 2.45) is 5.92 Å². The molecule has 7 heteroatoms. The maximum absolute atomic E-state index is 12.8. The van der Waals surface area contributed by atoms with E-state index in [9.17, 15) is 18.0 Å². The van der Waals surface area contributed by atoms with E-state index in [2.05, 4.69) is 15.9 Å². The first-order valence-corrected chi connectivity index (χ1v) is 7.82. The molecule has 116 valence electrons. The summed E-state index contributed by atoms with van der Waals surface area (Å²) in [6, 6.07) is 2.96. The smallest absolute Gasteiger partial charge is 0.334 e. The van der Waals surface area contributed by atoms with Gasteiger partial charge in [0.1, 0.15) is 0 Å². The molecule has 1 amide bonds. The van der Waals surface area contributed by atoms with Crippen LogP contribution >= 0.6 is 27.5 Å². The number of carbonyl (C=O) groups excluding carboxylic acids is 1. The molecule has 21 heavy (non-hydrogen) atoms. The van der Waals surface area contributed by atoms with E-state index in [1.165, 1.54) is 6.07 Å². The average Bonchev–Trinajstić information content (AvgIpc) is 2.78. The van der Waals surface area contributed by atoms with E-state index in [1.54, 1.807) is 4.90 Å². The van der Waals surface area contributed by atoms with Crippen LogP contribution in [-0.2, 0) is 6.18 Å². The van der Waals surface area contributed by atoms with Crippen molar-refractivity contribution < 1.29 is 18.0 Å². The summed E-state index contributed by atoms with van der Waals surface area (Å²) >= 11 is 9.04. The van der Waals surface area contributed by atoms with Gasteiger partial charge in [-0.1, -0.05) is 6.92 Å². The van der Waals surface area contributed by atoms with E-state index in [0.717, 1.165) is 18.6 Å². The quantitative estimate of drug-likeness (QED) is 0.685. The lowest BCUT2D eigenvalue weighted by Gasteiger charge is -2.26. The molecule has 1 aromatic carbocycles. The van der Waals surface area contributed by atoms with Gasteiger partial charge in [0.05, 0.1) is 11.1 Å². The third-order valence-corrected chi connectivity index (χ3v) is 4.83. The van der Waals surface area contributed by atoms with Crippen LogP contribution in [0.4, 0.5) is 13.2 Å². The molecule has 0 radical (unpaired) electrons. The highest BCUT2D eigenvalue weighted by Gasteiger charge is 2.36. The van der Waals surface area contributed by atoms with Gasteiger partial charge in [0.15, 0.2) is 0 Å². The van der Waals surface area contributed by atoms with Crippen molar-refractivity contribution >= 4 is 33.4 Å². The summed E-state index contributed by atoms with van der Waals surface area (Å²) in [4.78, 5) is 14.1. The van der Waals surface area contributed by atoms with Gasteiger partial charge >= 0.3 is 6.18 Å². The molecule has 2 rings (SSSR count). The third kappa shape index (κ3) is 3.37. The van der Waals surface area contributed by atoms with Crippen LogP contribution in [0, 0.1) is 5.92 Å². The second kappa shape index (κ2) is 6.16. The lowest BCUT2D eigenvalue weighted by Crippen LogP contribution is -2.38. The Labute approximate surface area is 134 Å². The molecule has 1 fully saturated rings. The Morgan fingerprint density at radius 2 is 2.14 bits per heavy atom. The van der Waals surface area contributed by atoms with Crippen LogP contribution < -0.4 is 0 Å². The molecule has 0 aromatic heterocycles. The van der Waals surface area contributed by atoms with E-state index in [-0.39, 0.29) is 23.4 Å². The Morgan fingerprint density at radius 1 is 1.48 bits per heavy atom. The summed E-state index contributed by atoms with van der Waals surface area (Å²) in [5.41, 5.74) is -0.808. The van der Waals surface area contributed by atoms with Crippen LogP contribution in [0.2, 0.25) is 0 Å². The number of halogens is 5. The van der Waals surface area contributed by atoms with Crippen LogP contribution in [-0.4, -0.2) is 29.3 Å². The molecular weight excluding hydrogens is 371 g/mol. The summed E-state index contributed by atoms with van der Waals surface area (Å²) < 4.78 is 38.7. The Hall–Kier alpha value is -0.750. The second-order valence-electron chi connectivity index (χ2n) is 5.18. The highest BCUT2D eigenvalue weighted by atomic mass is 79.9. The molecule has 2 atom stereocenters. The van der Waals surface area contributed by atoms with Crippen LogP contribution in [0.25, 0.3) is 0 Å². The zero-order valence-electron chi connectivity index (χ0n) is 11.3. The summed E-state index contributed by atoms with van der Waals surface area (Å²) in [7, 11) is 0. The Bertz CT molecular complexity index is 550. The molecule has 1 aliphatic rings. The van der Waals surface area contributed by atoms with Crippen LogP contribution in [0.3, 0.4) is 0 Å². The van der Waals surface area contributed by atoms with Gasteiger partial charge in [-0.3, -0.25) is 4.79 Å². The van der Waals surface area contributed by atoms with Gasteiger partial charge in [-0.25, -0.2) is 0 Å². The number of hydrogen-bond donors (Lipinski definition) is 0. The van der Waals surface area contributed by atoms with Gasteiger partial charge in [0, 0.05) is 22.9 Å². The van der Waals surface area contributed by atoms with Crippen LogP contribution in [0.5, 0.6) is 0 Å². The summed E-state index contributed by atoms with van der Waals surface area (Å²) in [5.74, 6) is 0.114. The average molecular weight is 385 g/mol. The normalized spacial score (nSPS) is 22.7. The number of benzene rings is 1. The first-order valence-electron chi connectivity index (χ1n) is 6.49. The number of hydrogen-bond acceptors (Lipinski definition) is 1. The first-order chi connectivity index (χ1) is 9.75. The number of amides is 1. The van der Waals surface area contributed by atoms with E-state index in [0.29, 0.717) is 11.0 Å². The van der Waals surface area contributed by atoms with E-state index >= 15 is 0 Å². The molecule has 2 nitrogen and oxygen atoms in total. The van der Waals surface area contributed by atoms with Gasteiger partial charge in [0.25, 0.3) is 5.91 Å². The molecule has 1 aromatic rings. The largest absolute Gasteiger partial charge is 0.416 e. The fourth-order valence-electron chi connectivity index (χ4n) is 2.52. The lowest BCUT2D eigenvalue weighted by atomic mass is 10.0. The summed E-state index contributed by atoms with van der Waals surface area (Å²) in [5, 5.41) is 0. The van der Waals surface area contributed by atoms with Crippen LogP contribution in [0.1, 0.15) is 29.3 Å².